The maximum Gasteiger partial charge on any atom is 0.0435 e. The maximum absolute atomic E-state index is 3.44. The highest BCUT2D eigenvalue weighted by Gasteiger charge is 2.40. The zero-order chi connectivity index (χ0) is 6.43. The lowest BCUT2D eigenvalue weighted by molar-refractivity contribution is 0.609. The molecule has 0 aromatic rings. The molecule has 1 nitrogen and oxygen atoms in total. The second-order valence-electron chi connectivity index (χ2n) is 3.37. The van der Waals surface area contributed by atoms with Crippen LogP contribution in [0.3, 0.4) is 0 Å². The van der Waals surface area contributed by atoms with Crippen molar-refractivity contribution in [2.75, 3.05) is 0 Å². The predicted molar refractivity (Wildman–Crippen MR) is 38.2 cm³/mol. The third kappa shape index (κ3) is 0.799. The van der Waals surface area contributed by atoms with E-state index in [1.807, 2.05) is 0 Å². The molecular formula is C8H13N. The number of rotatable bonds is 0. The minimum Gasteiger partial charge on any atom is -0.304 e. The minimum atomic E-state index is 0.765. The van der Waals surface area contributed by atoms with Gasteiger partial charge in [0.05, 0.1) is 0 Å². The Morgan fingerprint density at radius 1 is 1.67 bits per heavy atom. The zero-order valence-electron chi connectivity index (χ0n) is 6.02. The highest BCUT2D eigenvalue weighted by Crippen LogP contribution is 2.31. The molecule has 1 saturated heterocycles. The minimum absolute atomic E-state index is 0.765. The van der Waals surface area contributed by atoms with Gasteiger partial charge in [-0.3, -0.25) is 0 Å². The van der Waals surface area contributed by atoms with Crippen molar-refractivity contribution in [1.82, 2.24) is 5.32 Å². The summed E-state index contributed by atoms with van der Waals surface area (Å²) in [6, 6.07) is 1.60. The lowest BCUT2D eigenvalue weighted by Crippen LogP contribution is -2.07. The smallest absolute Gasteiger partial charge is 0.0435 e. The molecule has 2 aliphatic rings. The molecule has 3 unspecified atom stereocenters. The summed E-state index contributed by atoms with van der Waals surface area (Å²) in [6.07, 6.45) is 3.74. The fraction of sp³-hybridized carbons (Fsp3) is 0.750. The van der Waals surface area contributed by atoms with E-state index in [0.717, 1.165) is 18.0 Å². The van der Waals surface area contributed by atoms with Crippen LogP contribution in [0.5, 0.6) is 0 Å². The number of allylic oxidation sites excluding steroid dienone is 1. The van der Waals surface area contributed by atoms with E-state index in [-0.39, 0.29) is 0 Å². The Morgan fingerprint density at radius 2 is 2.44 bits per heavy atom. The number of hydrogen-bond acceptors (Lipinski definition) is 1. The first-order valence-corrected chi connectivity index (χ1v) is 3.72. The van der Waals surface area contributed by atoms with Gasteiger partial charge in [0.25, 0.3) is 0 Å². The standard InChI is InChI=1S/C8H13N/c1-5-3-6(2)8-7(4-5)9-8/h3,5,7-9H,4H2,1-2H3. The Bertz CT molecular complexity index is 160. The lowest BCUT2D eigenvalue weighted by Gasteiger charge is -2.11. The molecule has 1 N–H and O–H groups in total. The van der Waals surface area contributed by atoms with Crippen molar-refractivity contribution in [3.63, 3.8) is 0 Å². The fourth-order valence-electron chi connectivity index (χ4n) is 1.85. The number of hydrogen-bond donors (Lipinski definition) is 1. The molecule has 1 fully saturated rings. The van der Waals surface area contributed by atoms with Crippen LogP contribution in [-0.2, 0) is 0 Å². The number of nitrogens with one attached hydrogen (secondary N) is 1. The van der Waals surface area contributed by atoms with Crippen LogP contribution in [0, 0.1) is 5.92 Å². The van der Waals surface area contributed by atoms with Crippen LogP contribution >= 0.6 is 0 Å². The molecule has 3 atom stereocenters. The highest BCUT2D eigenvalue weighted by molar-refractivity contribution is 5.25. The van der Waals surface area contributed by atoms with Crippen molar-refractivity contribution in [1.29, 1.82) is 0 Å². The summed E-state index contributed by atoms with van der Waals surface area (Å²) >= 11 is 0. The van der Waals surface area contributed by atoms with E-state index in [0.29, 0.717) is 0 Å². The summed E-state index contributed by atoms with van der Waals surface area (Å²) < 4.78 is 0. The second-order valence-corrected chi connectivity index (χ2v) is 3.37. The van der Waals surface area contributed by atoms with Gasteiger partial charge in [-0.1, -0.05) is 18.6 Å². The van der Waals surface area contributed by atoms with E-state index in [1.54, 1.807) is 5.57 Å². The van der Waals surface area contributed by atoms with Crippen LogP contribution < -0.4 is 5.32 Å². The molecule has 50 valence electrons. The molecule has 1 heteroatoms. The molecule has 0 aromatic heterocycles. The van der Waals surface area contributed by atoms with Gasteiger partial charge in [0, 0.05) is 12.1 Å². The van der Waals surface area contributed by atoms with Gasteiger partial charge in [0.15, 0.2) is 0 Å². The topological polar surface area (TPSA) is 21.9 Å². The molecule has 0 saturated carbocycles. The van der Waals surface area contributed by atoms with E-state index in [9.17, 15) is 0 Å². The van der Waals surface area contributed by atoms with Gasteiger partial charge in [-0.2, -0.15) is 0 Å². The molecule has 0 bridgehead atoms. The second kappa shape index (κ2) is 1.60. The van der Waals surface area contributed by atoms with Gasteiger partial charge in [0.2, 0.25) is 0 Å². The molecule has 1 aliphatic carbocycles. The van der Waals surface area contributed by atoms with E-state index >= 15 is 0 Å². The van der Waals surface area contributed by atoms with Crippen LogP contribution in [0.1, 0.15) is 20.3 Å². The quantitative estimate of drug-likeness (QED) is 0.381. The van der Waals surface area contributed by atoms with Crippen molar-refractivity contribution in [3.8, 4) is 0 Å². The summed E-state index contributed by atoms with van der Waals surface area (Å²) in [4.78, 5) is 0. The van der Waals surface area contributed by atoms with Gasteiger partial charge in [-0.15, -0.1) is 0 Å². The van der Waals surface area contributed by atoms with Crippen molar-refractivity contribution < 1.29 is 0 Å². The van der Waals surface area contributed by atoms with E-state index in [1.165, 1.54) is 6.42 Å². The van der Waals surface area contributed by atoms with Gasteiger partial charge >= 0.3 is 0 Å². The Labute approximate surface area is 56.1 Å². The van der Waals surface area contributed by atoms with E-state index in [4.69, 9.17) is 0 Å². The summed E-state index contributed by atoms with van der Waals surface area (Å²) in [6.45, 7) is 4.52. The average molecular weight is 123 g/mol. The number of fused-ring (bicyclic) bond motifs is 1. The van der Waals surface area contributed by atoms with Crippen molar-refractivity contribution >= 4 is 0 Å². The van der Waals surface area contributed by atoms with Crippen molar-refractivity contribution in [2.45, 2.75) is 32.4 Å². The summed E-state index contributed by atoms with van der Waals surface area (Å²) in [5, 5.41) is 3.44. The predicted octanol–water partition coefficient (Wildman–Crippen LogP) is 1.31. The zero-order valence-corrected chi connectivity index (χ0v) is 6.02. The van der Waals surface area contributed by atoms with Gasteiger partial charge in [-0.25, -0.2) is 0 Å². The third-order valence-corrected chi connectivity index (χ3v) is 2.35. The monoisotopic (exact) mass is 123 g/mol. The molecule has 0 radical (unpaired) electrons. The van der Waals surface area contributed by atoms with Crippen LogP contribution in [0.15, 0.2) is 11.6 Å². The van der Waals surface area contributed by atoms with Crippen LogP contribution in [-0.4, -0.2) is 12.1 Å². The van der Waals surface area contributed by atoms with Crippen molar-refractivity contribution in [3.05, 3.63) is 11.6 Å². The van der Waals surface area contributed by atoms with E-state index in [2.05, 4.69) is 25.2 Å². The summed E-state index contributed by atoms with van der Waals surface area (Å²) in [5.41, 5.74) is 1.55. The molecule has 0 spiro atoms. The Morgan fingerprint density at radius 3 is 3.11 bits per heavy atom. The average Bonchev–Trinajstić information content (AvgIpc) is 2.43. The first kappa shape index (κ1) is 5.48. The van der Waals surface area contributed by atoms with Crippen LogP contribution in [0.4, 0.5) is 0 Å². The van der Waals surface area contributed by atoms with Gasteiger partial charge in [0.1, 0.15) is 0 Å². The van der Waals surface area contributed by atoms with E-state index < -0.39 is 0 Å². The Balaban J connectivity index is 2.18. The largest absolute Gasteiger partial charge is 0.304 e. The first-order chi connectivity index (χ1) is 4.27. The molecule has 2 rings (SSSR count). The molecule has 9 heavy (non-hydrogen) atoms. The third-order valence-electron chi connectivity index (χ3n) is 2.35. The van der Waals surface area contributed by atoms with Crippen LogP contribution in [0.2, 0.25) is 0 Å². The van der Waals surface area contributed by atoms with Crippen molar-refractivity contribution in [2.24, 2.45) is 5.92 Å². The van der Waals surface area contributed by atoms with Gasteiger partial charge in [-0.05, 0) is 19.3 Å². The maximum atomic E-state index is 3.44. The first-order valence-electron chi connectivity index (χ1n) is 3.72. The molecule has 1 aliphatic heterocycles. The lowest BCUT2D eigenvalue weighted by atomic mass is 9.93. The molecular weight excluding hydrogens is 110 g/mol. The summed E-state index contributed by atoms with van der Waals surface area (Å²) in [7, 11) is 0. The molecule has 0 amide bonds. The van der Waals surface area contributed by atoms with Crippen LogP contribution in [0.25, 0.3) is 0 Å². The Hall–Kier alpha value is -0.300. The summed E-state index contributed by atoms with van der Waals surface area (Å²) in [5.74, 6) is 0.807. The Kier molecular flexibility index (Phi) is 0.974. The normalized spacial score (nSPS) is 47.8. The molecule has 0 aromatic carbocycles. The molecule has 1 heterocycles. The fourth-order valence-corrected chi connectivity index (χ4v) is 1.85. The van der Waals surface area contributed by atoms with Gasteiger partial charge < -0.3 is 5.32 Å². The SMILES string of the molecule is CC1=CC(C)CC2NC12. The highest BCUT2D eigenvalue weighted by atomic mass is 15.2.